The Bertz CT molecular complexity index is 1830. The SMILES string of the molecule is COC(=O)c1ccc(C23CC4(C2)C(CN(P(=O)(c2ccccc2)c2ccccc2)C4c2ccccc2)C3c2ccccc2)cc1. The number of carbonyl (C=O) groups is 1. The summed E-state index contributed by atoms with van der Waals surface area (Å²) in [4.78, 5) is 12.3. The van der Waals surface area contributed by atoms with E-state index >= 15 is 4.57 Å². The molecule has 0 aromatic heterocycles. The van der Waals surface area contributed by atoms with E-state index in [1.54, 1.807) is 0 Å². The number of esters is 1. The van der Waals surface area contributed by atoms with E-state index in [4.69, 9.17) is 4.74 Å². The number of ether oxygens (including phenoxy) is 1. The van der Waals surface area contributed by atoms with Gasteiger partial charge in [0, 0.05) is 28.6 Å². The molecular weight excluding hydrogens is 573 g/mol. The zero-order valence-electron chi connectivity index (χ0n) is 25.3. The fourth-order valence-electron chi connectivity index (χ4n) is 9.38. The van der Waals surface area contributed by atoms with Crippen LogP contribution in [0.15, 0.2) is 146 Å². The molecule has 5 aromatic rings. The molecule has 5 heteroatoms. The van der Waals surface area contributed by atoms with Gasteiger partial charge in [-0.3, -0.25) is 4.57 Å². The van der Waals surface area contributed by atoms with Crippen LogP contribution < -0.4 is 10.6 Å². The molecule has 2 bridgehead atoms. The Morgan fingerprint density at radius 1 is 0.689 bits per heavy atom. The standard InChI is InChI=1S/C40H36NO3P/c1-44-38(42)31-22-24-32(25-23-31)39-27-40(28-39)35(36(39)29-14-6-2-7-15-29)26-41(37(40)30-16-8-3-9-17-30)45(43,33-18-10-4-11-19-33)34-20-12-5-13-21-34/h2-25,35-37H,26-28H2,1H3. The molecule has 4 aliphatic rings. The van der Waals surface area contributed by atoms with Crippen LogP contribution in [0.25, 0.3) is 0 Å². The molecule has 3 unspecified atom stereocenters. The summed E-state index contributed by atoms with van der Waals surface area (Å²) in [5.41, 5.74) is 4.29. The average Bonchev–Trinajstić information content (AvgIpc) is 3.69. The third-order valence-corrected chi connectivity index (χ3v) is 14.1. The summed E-state index contributed by atoms with van der Waals surface area (Å²) in [6, 6.07) is 50.0. The number of hydrogen-bond donors (Lipinski definition) is 0. The van der Waals surface area contributed by atoms with Gasteiger partial charge in [0.25, 0.3) is 0 Å². The summed E-state index contributed by atoms with van der Waals surface area (Å²) < 4.78 is 23.4. The minimum absolute atomic E-state index is 0.00822. The molecule has 1 aliphatic heterocycles. The lowest BCUT2D eigenvalue weighted by Crippen LogP contribution is -2.48. The van der Waals surface area contributed by atoms with Crippen LogP contribution in [-0.2, 0) is 14.7 Å². The number of hydrogen-bond acceptors (Lipinski definition) is 3. The van der Waals surface area contributed by atoms with Gasteiger partial charge < -0.3 is 4.74 Å². The maximum absolute atomic E-state index is 16.0. The molecule has 4 nitrogen and oxygen atoms in total. The smallest absolute Gasteiger partial charge is 0.337 e. The van der Waals surface area contributed by atoms with Gasteiger partial charge in [0.05, 0.1) is 12.7 Å². The maximum Gasteiger partial charge on any atom is 0.337 e. The molecule has 224 valence electrons. The second-order valence-electron chi connectivity index (χ2n) is 13.0. The summed E-state index contributed by atoms with van der Waals surface area (Å²) in [6.07, 6.45) is 2.00. The number of nitrogens with zero attached hydrogens (tertiary/aromatic N) is 1. The lowest BCUT2D eigenvalue weighted by molar-refractivity contribution is 0.0525. The van der Waals surface area contributed by atoms with Gasteiger partial charge in [-0.05, 0) is 83.2 Å². The minimum Gasteiger partial charge on any atom is -0.465 e. The molecule has 5 aromatic carbocycles. The Kier molecular flexibility index (Phi) is 6.71. The van der Waals surface area contributed by atoms with Gasteiger partial charge in [-0.15, -0.1) is 0 Å². The van der Waals surface area contributed by atoms with Crippen molar-refractivity contribution in [1.82, 2.24) is 4.67 Å². The van der Waals surface area contributed by atoms with E-state index < -0.39 is 7.29 Å². The fourth-order valence-corrected chi connectivity index (χ4v) is 12.5. The molecule has 3 saturated carbocycles. The Labute approximate surface area is 265 Å². The zero-order valence-corrected chi connectivity index (χ0v) is 26.2. The summed E-state index contributed by atoms with van der Waals surface area (Å²) in [5, 5.41) is 1.77. The van der Waals surface area contributed by atoms with E-state index in [1.165, 1.54) is 23.8 Å². The van der Waals surface area contributed by atoms with Crippen LogP contribution in [0.4, 0.5) is 0 Å². The third kappa shape index (κ3) is 4.09. The molecule has 0 amide bonds. The molecule has 9 rings (SSSR count). The number of benzene rings is 5. The van der Waals surface area contributed by atoms with Crippen molar-refractivity contribution in [2.24, 2.45) is 11.3 Å². The first-order chi connectivity index (χ1) is 22.0. The first-order valence-corrected chi connectivity index (χ1v) is 17.4. The monoisotopic (exact) mass is 609 g/mol. The predicted molar refractivity (Wildman–Crippen MR) is 179 cm³/mol. The van der Waals surface area contributed by atoms with Crippen molar-refractivity contribution < 1.29 is 14.1 Å². The van der Waals surface area contributed by atoms with Crippen LogP contribution in [0.1, 0.15) is 51.8 Å². The first kappa shape index (κ1) is 28.2. The van der Waals surface area contributed by atoms with Crippen molar-refractivity contribution in [1.29, 1.82) is 0 Å². The van der Waals surface area contributed by atoms with Crippen LogP contribution in [0.3, 0.4) is 0 Å². The van der Waals surface area contributed by atoms with E-state index in [0.717, 1.165) is 30.0 Å². The normalized spacial score (nSPS) is 27.0. The summed E-state index contributed by atoms with van der Waals surface area (Å²) in [6.45, 7) is 0.738. The summed E-state index contributed by atoms with van der Waals surface area (Å²) >= 11 is 0. The highest BCUT2D eigenvalue weighted by atomic mass is 31.2. The van der Waals surface area contributed by atoms with Crippen molar-refractivity contribution >= 4 is 23.9 Å². The molecule has 3 aliphatic carbocycles. The van der Waals surface area contributed by atoms with Gasteiger partial charge in [-0.25, -0.2) is 9.46 Å². The number of carbonyl (C=O) groups excluding carboxylic acids is 1. The van der Waals surface area contributed by atoms with E-state index in [9.17, 15) is 4.79 Å². The zero-order chi connectivity index (χ0) is 30.6. The molecule has 0 N–H and O–H groups in total. The highest BCUT2D eigenvalue weighted by molar-refractivity contribution is 7.76. The first-order valence-electron chi connectivity index (χ1n) is 15.8. The molecule has 1 spiro atoms. The topological polar surface area (TPSA) is 46.6 Å². The summed E-state index contributed by atoms with van der Waals surface area (Å²) in [7, 11) is -1.79. The Balaban J connectivity index is 1.31. The lowest BCUT2D eigenvalue weighted by atomic mass is 9.53. The van der Waals surface area contributed by atoms with E-state index in [0.29, 0.717) is 11.5 Å². The van der Waals surface area contributed by atoms with E-state index in [-0.39, 0.29) is 28.8 Å². The lowest BCUT2D eigenvalue weighted by Gasteiger charge is -2.54. The van der Waals surface area contributed by atoms with Crippen molar-refractivity contribution in [2.45, 2.75) is 30.2 Å². The molecular formula is C40H36NO3P. The molecule has 3 atom stereocenters. The largest absolute Gasteiger partial charge is 0.465 e. The van der Waals surface area contributed by atoms with E-state index in [2.05, 4.69) is 77.5 Å². The van der Waals surface area contributed by atoms with Gasteiger partial charge in [-0.2, -0.15) is 0 Å². The predicted octanol–water partition coefficient (Wildman–Crippen LogP) is 7.89. The van der Waals surface area contributed by atoms with Crippen LogP contribution >= 0.6 is 7.29 Å². The summed E-state index contributed by atoms with van der Waals surface area (Å²) in [5.74, 6) is 0.231. The van der Waals surface area contributed by atoms with Gasteiger partial charge in [0.2, 0.25) is 7.29 Å². The Morgan fingerprint density at radius 3 is 1.69 bits per heavy atom. The molecule has 4 fully saturated rings. The maximum atomic E-state index is 16.0. The minimum atomic E-state index is -3.22. The van der Waals surface area contributed by atoms with E-state index in [1.807, 2.05) is 72.8 Å². The van der Waals surface area contributed by atoms with Crippen molar-refractivity contribution in [2.75, 3.05) is 13.7 Å². The van der Waals surface area contributed by atoms with Crippen LogP contribution in [-0.4, -0.2) is 24.3 Å². The Hall–Kier alpha value is -4.24. The number of rotatable bonds is 7. The highest BCUT2D eigenvalue weighted by Crippen LogP contribution is 2.84. The van der Waals surface area contributed by atoms with Crippen LogP contribution in [0, 0.1) is 11.3 Å². The van der Waals surface area contributed by atoms with Gasteiger partial charge in [0.15, 0.2) is 0 Å². The second-order valence-corrected chi connectivity index (χ2v) is 15.7. The second kappa shape index (κ2) is 10.7. The fraction of sp³-hybridized carbons (Fsp3) is 0.225. The average molecular weight is 610 g/mol. The number of methoxy groups -OCH3 is 1. The molecule has 0 radical (unpaired) electrons. The van der Waals surface area contributed by atoms with Crippen LogP contribution in [0.5, 0.6) is 0 Å². The third-order valence-electron chi connectivity index (χ3n) is 11.0. The van der Waals surface area contributed by atoms with Crippen molar-refractivity contribution in [3.63, 3.8) is 0 Å². The Morgan fingerprint density at radius 2 is 1.18 bits per heavy atom. The highest BCUT2D eigenvalue weighted by Gasteiger charge is 2.78. The van der Waals surface area contributed by atoms with Gasteiger partial charge in [0.1, 0.15) is 0 Å². The molecule has 45 heavy (non-hydrogen) atoms. The van der Waals surface area contributed by atoms with Crippen LogP contribution in [0.2, 0.25) is 0 Å². The molecule has 1 heterocycles. The van der Waals surface area contributed by atoms with Gasteiger partial charge >= 0.3 is 5.97 Å². The quantitative estimate of drug-likeness (QED) is 0.139. The molecule has 1 saturated heterocycles. The van der Waals surface area contributed by atoms with Gasteiger partial charge in [-0.1, -0.05) is 109 Å². The van der Waals surface area contributed by atoms with Crippen molar-refractivity contribution in [3.05, 3.63) is 168 Å². The van der Waals surface area contributed by atoms with Crippen molar-refractivity contribution in [3.8, 4) is 0 Å².